The molecular formula is C27H19FN2O3. The van der Waals surface area contributed by atoms with Crippen molar-refractivity contribution in [2.75, 3.05) is 4.90 Å². The van der Waals surface area contributed by atoms with Gasteiger partial charge >= 0.3 is 0 Å². The lowest BCUT2D eigenvalue weighted by molar-refractivity contribution is -0.132. The Kier molecular flexibility index (Phi) is 4.98. The number of anilines is 1. The zero-order valence-electron chi connectivity index (χ0n) is 17.7. The maximum absolute atomic E-state index is 13.8. The number of hydrogen-bond acceptors (Lipinski definition) is 4. The molecule has 0 spiro atoms. The highest BCUT2D eigenvalue weighted by Crippen LogP contribution is 2.43. The van der Waals surface area contributed by atoms with Crippen LogP contribution in [0.2, 0.25) is 0 Å². The summed E-state index contributed by atoms with van der Waals surface area (Å²) in [4.78, 5) is 32.4. The fraction of sp³-hybridized carbons (Fsp3) is 0.0741. The van der Waals surface area contributed by atoms with Gasteiger partial charge in [0.05, 0.1) is 17.0 Å². The molecule has 1 N–H and O–H groups in total. The van der Waals surface area contributed by atoms with Gasteiger partial charge in [-0.15, -0.1) is 0 Å². The quantitative estimate of drug-likeness (QED) is 0.267. The molecule has 5 rings (SSSR count). The molecule has 1 saturated heterocycles. The largest absolute Gasteiger partial charge is 0.507 e. The van der Waals surface area contributed by atoms with E-state index >= 15 is 0 Å². The number of hydrogen-bond donors (Lipinski definition) is 1. The lowest BCUT2D eigenvalue weighted by Crippen LogP contribution is -2.30. The lowest BCUT2D eigenvalue weighted by Gasteiger charge is -2.25. The number of pyridine rings is 1. The van der Waals surface area contributed by atoms with E-state index in [4.69, 9.17) is 0 Å². The van der Waals surface area contributed by atoms with E-state index in [0.29, 0.717) is 16.9 Å². The van der Waals surface area contributed by atoms with Crippen molar-refractivity contribution in [3.05, 3.63) is 113 Å². The summed E-state index contributed by atoms with van der Waals surface area (Å²) < 4.78 is 13.8. The Labute approximate surface area is 189 Å². The molecular weight excluding hydrogens is 419 g/mol. The number of aliphatic hydroxyl groups excluding tert-OH is 1. The molecule has 2 heterocycles. The number of aromatic nitrogens is 1. The maximum Gasteiger partial charge on any atom is 0.300 e. The predicted molar refractivity (Wildman–Crippen MR) is 124 cm³/mol. The summed E-state index contributed by atoms with van der Waals surface area (Å²) in [7, 11) is 0. The first-order valence-electron chi connectivity index (χ1n) is 10.4. The van der Waals surface area contributed by atoms with Crippen molar-refractivity contribution in [3.8, 4) is 0 Å². The van der Waals surface area contributed by atoms with Crippen molar-refractivity contribution >= 4 is 33.9 Å². The van der Waals surface area contributed by atoms with E-state index in [-0.39, 0.29) is 16.9 Å². The number of amides is 1. The van der Waals surface area contributed by atoms with Gasteiger partial charge in [0.1, 0.15) is 17.6 Å². The summed E-state index contributed by atoms with van der Waals surface area (Å²) in [5.74, 6) is -2.38. The molecule has 1 atom stereocenters. The van der Waals surface area contributed by atoms with Gasteiger partial charge < -0.3 is 5.11 Å². The summed E-state index contributed by atoms with van der Waals surface area (Å²) in [5.41, 5.74) is 1.46. The number of fused-ring (bicyclic) bond motifs is 1. The molecule has 0 saturated carbocycles. The Bertz CT molecular complexity index is 1440. The van der Waals surface area contributed by atoms with Gasteiger partial charge in [0, 0.05) is 17.1 Å². The number of aryl methyl sites for hydroxylation is 1. The van der Waals surface area contributed by atoms with Crippen LogP contribution in [0.25, 0.3) is 16.5 Å². The highest BCUT2D eigenvalue weighted by molar-refractivity contribution is 6.52. The van der Waals surface area contributed by atoms with Gasteiger partial charge in [-0.1, -0.05) is 42.5 Å². The molecule has 1 amide bonds. The fourth-order valence-corrected chi connectivity index (χ4v) is 4.26. The number of benzene rings is 3. The maximum atomic E-state index is 13.8. The summed E-state index contributed by atoms with van der Waals surface area (Å²) in [6.45, 7) is 1.57. The topological polar surface area (TPSA) is 70.5 Å². The van der Waals surface area contributed by atoms with Crippen LogP contribution in [0.3, 0.4) is 0 Å². The smallest absolute Gasteiger partial charge is 0.300 e. The number of aliphatic hydroxyl groups is 1. The molecule has 4 aromatic rings. The minimum absolute atomic E-state index is 0.0855. The van der Waals surface area contributed by atoms with E-state index in [1.165, 1.54) is 23.1 Å². The number of halogens is 1. The summed E-state index contributed by atoms with van der Waals surface area (Å²) in [6.07, 6.45) is 1.57. The SMILES string of the molecule is Cc1cc(/C(O)=C2\C(=O)C(=O)N(c3cccc4ccccc34)C2c2ccccn2)ccc1F. The predicted octanol–water partition coefficient (Wildman–Crippen LogP) is 5.31. The Morgan fingerprint density at radius 1 is 0.970 bits per heavy atom. The Morgan fingerprint density at radius 2 is 1.73 bits per heavy atom. The molecule has 3 aromatic carbocycles. The standard InChI is InChI=1S/C27H19FN2O3/c1-16-15-18(12-13-20(16)28)25(31)23-24(21-10-4-5-14-29-21)30(27(33)26(23)32)22-11-6-8-17-7-2-3-9-19(17)22/h2-15,24,31H,1H3/b25-23+. The first-order valence-corrected chi connectivity index (χ1v) is 10.4. The second-order valence-corrected chi connectivity index (χ2v) is 7.89. The van der Waals surface area contributed by atoms with Crippen molar-refractivity contribution in [2.45, 2.75) is 13.0 Å². The van der Waals surface area contributed by atoms with Crippen LogP contribution in [0.5, 0.6) is 0 Å². The number of carbonyl (C=O) groups is 2. The average molecular weight is 438 g/mol. The third kappa shape index (κ3) is 3.36. The van der Waals surface area contributed by atoms with Crippen LogP contribution < -0.4 is 4.90 Å². The molecule has 5 nitrogen and oxygen atoms in total. The molecule has 0 bridgehead atoms. The van der Waals surface area contributed by atoms with Crippen LogP contribution in [0, 0.1) is 12.7 Å². The molecule has 6 heteroatoms. The monoisotopic (exact) mass is 438 g/mol. The van der Waals surface area contributed by atoms with Crippen LogP contribution >= 0.6 is 0 Å². The Balaban J connectivity index is 1.78. The van der Waals surface area contributed by atoms with Crippen molar-refractivity contribution < 1.29 is 19.1 Å². The van der Waals surface area contributed by atoms with E-state index in [1.54, 1.807) is 37.4 Å². The van der Waals surface area contributed by atoms with E-state index in [2.05, 4.69) is 4.98 Å². The summed E-state index contributed by atoms with van der Waals surface area (Å²) in [6, 6.07) is 21.4. The molecule has 1 unspecified atom stereocenters. The van der Waals surface area contributed by atoms with Crippen molar-refractivity contribution in [2.24, 2.45) is 0 Å². The van der Waals surface area contributed by atoms with Crippen molar-refractivity contribution in [3.63, 3.8) is 0 Å². The first kappa shape index (κ1) is 20.6. The second-order valence-electron chi connectivity index (χ2n) is 7.89. The fourth-order valence-electron chi connectivity index (χ4n) is 4.26. The molecule has 0 aliphatic carbocycles. The number of ketones is 1. The normalized spacial score (nSPS) is 17.6. The van der Waals surface area contributed by atoms with Crippen molar-refractivity contribution in [1.82, 2.24) is 4.98 Å². The van der Waals surface area contributed by atoms with E-state index < -0.39 is 23.5 Å². The van der Waals surface area contributed by atoms with Gasteiger partial charge in [0.15, 0.2) is 0 Å². The van der Waals surface area contributed by atoms with E-state index in [9.17, 15) is 19.1 Å². The molecule has 1 fully saturated rings. The number of nitrogens with zero attached hydrogens (tertiary/aromatic N) is 2. The summed E-state index contributed by atoms with van der Waals surface area (Å²) >= 11 is 0. The number of rotatable bonds is 3. The van der Waals surface area contributed by atoms with E-state index in [0.717, 1.165) is 10.8 Å². The third-order valence-electron chi connectivity index (χ3n) is 5.87. The highest BCUT2D eigenvalue weighted by atomic mass is 19.1. The third-order valence-corrected chi connectivity index (χ3v) is 5.87. The molecule has 162 valence electrons. The first-order chi connectivity index (χ1) is 16.0. The minimum Gasteiger partial charge on any atom is -0.507 e. The van der Waals surface area contributed by atoms with Gasteiger partial charge in [-0.05, 0) is 54.3 Å². The van der Waals surface area contributed by atoms with Gasteiger partial charge in [-0.3, -0.25) is 19.5 Å². The minimum atomic E-state index is -0.942. The van der Waals surface area contributed by atoms with Crippen LogP contribution in [-0.4, -0.2) is 21.8 Å². The van der Waals surface area contributed by atoms with Crippen LogP contribution in [-0.2, 0) is 9.59 Å². The van der Waals surface area contributed by atoms with Crippen molar-refractivity contribution in [1.29, 1.82) is 0 Å². The van der Waals surface area contributed by atoms with Gasteiger partial charge in [-0.25, -0.2) is 4.39 Å². The summed E-state index contributed by atoms with van der Waals surface area (Å²) in [5, 5.41) is 12.9. The highest BCUT2D eigenvalue weighted by Gasteiger charge is 2.48. The zero-order chi connectivity index (χ0) is 23.1. The Morgan fingerprint density at radius 3 is 2.48 bits per heavy atom. The number of Topliss-reactive ketones (excluding diaryl/α,β-unsaturated/α-hetero) is 1. The molecule has 1 aliphatic rings. The van der Waals surface area contributed by atoms with Gasteiger partial charge in [0.2, 0.25) is 0 Å². The molecule has 1 aromatic heterocycles. The average Bonchev–Trinajstić information content (AvgIpc) is 3.11. The van der Waals surface area contributed by atoms with E-state index in [1.807, 2.05) is 36.4 Å². The van der Waals surface area contributed by atoms with Gasteiger partial charge in [-0.2, -0.15) is 0 Å². The Hall–Kier alpha value is -4.32. The molecule has 1 aliphatic heterocycles. The second kappa shape index (κ2) is 7.98. The van der Waals surface area contributed by atoms with Crippen LogP contribution in [0.15, 0.2) is 90.6 Å². The number of carbonyl (C=O) groups excluding carboxylic acids is 2. The molecule has 0 radical (unpaired) electrons. The van der Waals surface area contributed by atoms with Crippen LogP contribution in [0.4, 0.5) is 10.1 Å². The van der Waals surface area contributed by atoms with Gasteiger partial charge in [0.25, 0.3) is 11.7 Å². The zero-order valence-corrected chi connectivity index (χ0v) is 17.7. The van der Waals surface area contributed by atoms with Crippen LogP contribution in [0.1, 0.15) is 22.9 Å². The lowest BCUT2D eigenvalue weighted by atomic mass is 9.97. The molecule has 33 heavy (non-hydrogen) atoms.